The third-order valence-electron chi connectivity index (χ3n) is 15.4. The Morgan fingerprint density at radius 2 is 0.667 bits per heavy atom. The van der Waals surface area contributed by atoms with Gasteiger partial charge in [-0.1, -0.05) is 328 Å². The molecule has 0 rings (SSSR count). The molecule has 0 aliphatic heterocycles. The van der Waals surface area contributed by atoms with Gasteiger partial charge >= 0.3 is 7.82 Å². The van der Waals surface area contributed by atoms with Crippen molar-refractivity contribution in [2.75, 3.05) is 40.9 Å². The normalized spacial score (nSPS) is 13.7. The van der Waals surface area contributed by atoms with E-state index in [2.05, 4.69) is 19.2 Å². The standard InChI is InChI=1S/C63H129N2O6P/c1-6-8-10-12-14-16-18-20-22-24-26-28-29-30-31-32-33-34-35-37-39-41-43-45-47-49-51-53-55-57-63(67)64-61(60-71-72(68,69)70-59-58-65(3,4)5)62(66)56-54-52-50-48-46-44-42-40-38-36-27-25-23-21-19-17-15-13-11-9-7-2/h61-62,66H,6-60H2,1-5H3,(H-,64,67,68,69)/p+1. The lowest BCUT2D eigenvalue weighted by Crippen LogP contribution is -2.46. The number of hydrogen-bond acceptors (Lipinski definition) is 5. The molecule has 0 aliphatic carbocycles. The van der Waals surface area contributed by atoms with Crippen molar-refractivity contribution in [1.82, 2.24) is 5.32 Å². The van der Waals surface area contributed by atoms with E-state index in [9.17, 15) is 19.4 Å². The summed E-state index contributed by atoms with van der Waals surface area (Å²) in [5, 5.41) is 14.1. The minimum atomic E-state index is -4.32. The van der Waals surface area contributed by atoms with Crippen LogP contribution in [0.3, 0.4) is 0 Å². The zero-order chi connectivity index (χ0) is 52.7. The first-order chi connectivity index (χ1) is 35.0. The van der Waals surface area contributed by atoms with Crippen LogP contribution in [-0.2, 0) is 18.4 Å². The maximum absolute atomic E-state index is 13.0. The van der Waals surface area contributed by atoms with Crippen LogP contribution in [0.5, 0.6) is 0 Å². The third kappa shape index (κ3) is 57.2. The van der Waals surface area contributed by atoms with E-state index in [-0.39, 0.29) is 19.1 Å². The molecule has 0 bridgehead atoms. The lowest BCUT2D eigenvalue weighted by molar-refractivity contribution is -0.870. The number of aliphatic hydroxyl groups excluding tert-OH is 1. The van der Waals surface area contributed by atoms with E-state index in [4.69, 9.17) is 9.05 Å². The van der Waals surface area contributed by atoms with Crippen LogP contribution in [-0.4, -0.2) is 73.4 Å². The summed E-state index contributed by atoms with van der Waals surface area (Å²) >= 11 is 0. The van der Waals surface area contributed by atoms with Gasteiger partial charge in [0.1, 0.15) is 13.2 Å². The largest absolute Gasteiger partial charge is 0.472 e. The van der Waals surface area contributed by atoms with Gasteiger partial charge in [-0.2, -0.15) is 0 Å². The first-order valence-corrected chi connectivity index (χ1v) is 33.9. The highest BCUT2D eigenvalue weighted by atomic mass is 31.2. The van der Waals surface area contributed by atoms with Gasteiger partial charge in [0.2, 0.25) is 5.91 Å². The summed E-state index contributed by atoms with van der Waals surface area (Å²) < 4.78 is 23.9. The van der Waals surface area contributed by atoms with Gasteiger partial charge < -0.3 is 19.8 Å². The van der Waals surface area contributed by atoms with Crippen LogP contribution in [0.2, 0.25) is 0 Å². The van der Waals surface area contributed by atoms with Gasteiger partial charge in [-0.3, -0.25) is 13.8 Å². The monoisotopic (exact) mass is 1040 g/mol. The number of phosphoric ester groups is 1. The van der Waals surface area contributed by atoms with Gasteiger partial charge in [0, 0.05) is 6.42 Å². The summed E-state index contributed by atoms with van der Waals surface area (Å²) in [5.41, 5.74) is 0. The highest BCUT2D eigenvalue weighted by molar-refractivity contribution is 7.47. The second-order valence-corrected chi connectivity index (χ2v) is 25.3. The summed E-state index contributed by atoms with van der Waals surface area (Å²) in [6, 6.07) is -0.756. The average molecular weight is 1040 g/mol. The summed E-state index contributed by atoms with van der Waals surface area (Å²) in [7, 11) is 1.64. The van der Waals surface area contributed by atoms with E-state index in [1.165, 1.54) is 283 Å². The van der Waals surface area contributed by atoms with Crippen molar-refractivity contribution in [3.8, 4) is 0 Å². The molecule has 0 saturated carbocycles. The Morgan fingerprint density at radius 3 is 0.931 bits per heavy atom. The van der Waals surface area contributed by atoms with Crippen molar-refractivity contribution in [3.63, 3.8) is 0 Å². The van der Waals surface area contributed by atoms with Crippen molar-refractivity contribution >= 4 is 13.7 Å². The molecule has 0 saturated heterocycles. The minimum absolute atomic E-state index is 0.0793. The van der Waals surface area contributed by atoms with Crippen molar-refractivity contribution in [3.05, 3.63) is 0 Å². The summed E-state index contributed by atoms with van der Waals surface area (Å²) in [6.45, 7) is 4.96. The molecule has 3 unspecified atom stereocenters. The van der Waals surface area contributed by atoms with Crippen LogP contribution >= 0.6 is 7.82 Å². The maximum Gasteiger partial charge on any atom is 0.472 e. The molecule has 0 aromatic carbocycles. The van der Waals surface area contributed by atoms with E-state index >= 15 is 0 Å². The first-order valence-electron chi connectivity index (χ1n) is 32.4. The van der Waals surface area contributed by atoms with E-state index in [1.807, 2.05) is 21.1 Å². The fraction of sp³-hybridized carbons (Fsp3) is 0.984. The van der Waals surface area contributed by atoms with Crippen molar-refractivity contribution in [2.24, 2.45) is 0 Å². The topological polar surface area (TPSA) is 105 Å². The number of nitrogens with zero attached hydrogens (tertiary/aromatic N) is 1. The van der Waals surface area contributed by atoms with Crippen LogP contribution in [0.15, 0.2) is 0 Å². The predicted molar refractivity (Wildman–Crippen MR) is 314 cm³/mol. The quantitative estimate of drug-likeness (QED) is 0.0318. The van der Waals surface area contributed by atoms with Crippen molar-refractivity contribution in [2.45, 2.75) is 360 Å². The Labute approximate surface area is 450 Å². The van der Waals surface area contributed by atoms with E-state index < -0.39 is 20.0 Å². The average Bonchev–Trinajstić information content (AvgIpc) is 3.34. The van der Waals surface area contributed by atoms with Crippen LogP contribution in [0.25, 0.3) is 0 Å². The van der Waals surface area contributed by atoms with Crippen LogP contribution < -0.4 is 5.32 Å². The summed E-state index contributed by atoms with van der Waals surface area (Å²) in [6.07, 6.45) is 67.6. The number of quaternary nitrogens is 1. The second-order valence-electron chi connectivity index (χ2n) is 23.9. The van der Waals surface area contributed by atoms with E-state index in [0.717, 1.165) is 38.5 Å². The molecule has 0 aromatic heterocycles. The minimum Gasteiger partial charge on any atom is -0.391 e. The molecule has 0 spiro atoms. The second kappa shape index (κ2) is 55.3. The molecular formula is C63H130N2O6P+. The number of likely N-dealkylation sites (N-methyl/N-ethyl adjacent to an activating group) is 1. The molecule has 0 radical (unpaired) electrons. The summed E-state index contributed by atoms with van der Waals surface area (Å²) in [5.74, 6) is -0.134. The highest BCUT2D eigenvalue weighted by Crippen LogP contribution is 2.43. The molecule has 9 heteroatoms. The smallest absolute Gasteiger partial charge is 0.391 e. The van der Waals surface area contributed by atoms with Gasteiger partial charge in [0.15, 0.2) is 0 Å². The number of carbonyl (C=O) groups is 1. The number of amides is 1. The Morgan fingerprint density at radius 1 is 0.417 bits per heavy atom. The number of rotatable bonds is 61. The van der Waals surface area contributed by atoms with E-state index in [0.29, 0.717) is 23.9 Å². The van der Waals surface area contributed by atoms with Gasteiger partial charge in [-0.05, 0) is 12.8 Å². The number of hydrogen-bond donors (Lipinski definition) is 3. The van der Waals surface area contributed by atoms with E-state index in [1.54, 1.807) is 0 Å². The molecule has 3 N–H and O–H groups in total. The fourth-order valence-electron chi connectivity index (χ4n) is 10.3. The number of carbonyl (C=O) groups excluding carboxylic acids is 1. The van der Waals surface area contributed by atoms with Crippen LogP contribution in [0.1, 0.15) is 348 Å². The molecular weight excluding hydrogens is 912 g/mol. The Bertz CT molecular complexity index is 1140. The zero-order valence-electron chi connectivity index (χ0n) is 49.5. The predicted octanol–water partition coefficient (Wildman–Crippen LogP) is 20.0. The number of unbranched alkanes of at least 4 members (excludes halogenated alkanes) is 48. The SMILES string of the molecule is CCCCCCCCCCCCCCCCCCCCCCCCCCCCCCCC(=O)NC(COP(=O)(O)OCC[N+](C)(C)C)C(O)CCCCCCCCCCCCCCCCCCCCCCC. The van der Waals surface area contributed by atoms with Gasteiger partial charge in [0.05, 0.1) is 39.9 Å². The highest BCUT2D eigenvalue weighted by Gasteiger charge is 2.28. The maximum atomic E-state index is 13.0. The molecule has 8 nitrogen and oxygen atoms in total. The Balaban J connectivity index is 4.02. The number of nitrogens with one attached hydrogen (secondary N) is 1. The lowest BCUT2D eigenvalue weighted by atomic mass is 10.0. The number of phosphoric acid groups is 1. The molecule has 0 fully saturated rings. The Kier molecular flexibility index (Phi) is 54.9. The molecule has 0 aliphatic rings. The summed E-state index contributed by atoms with van der Waals surface area (Å²) in [4.78, 5) is 23.4. The molecule has 72 heavy (non-hydrogen) atoms. The Hall–Kier alpha value is -0.500. The third-order valence-corrected chi connectivity index (χ3v) is 16.3. The van der Waals surface area contributed by atoms with Gasteiger partial charge in [0.25, 0.3) is 0 Å². The van der Waals surface area contributed by atoms with Crippen molar-refractivity contribution < 1.29 is 32.9 Å². The number of aliphatic hydroxyl groups is 1. The van der Waals surface area contributed by atoms with Gasteiger partial charge in [-0.15, -0.1) is 0 Å². The van der Waals surface area contributed by atoms with Crippen molar-refractivity contribution in [1.29, 1.82) is 0 Å². The molecule has 1 amide bonds. The zero-order valence-corrected chi connectivity index (χ0v) is 50.4. The molecule has 0 heterocycles. The molecule has 432 valence electrons. The van der Waals surface area contributed by atoms with Crippen LogP contribution in [0.4, 0.5) is 0 Å². The molecule has 3 atom stereocenters. The fourth-order valence-corrected chi connectivity index (χ4v) is 11.0. The first kappa shape index (κ1) is 71.5. The van der Waals surface area contributed by atoms with Crippen LogP contribution in [0, 0.1) is 0 Å². The molecule has 0 aromatic rings. The lowest BCUT2D eigenvalue weighted by Gasteiger charge is -2.26. The van der Waals surface area contributed by atoms with Gasteiger partial charge in [-0.25, -0.2) is 4.57 Å².